The first kappa shape index (κ1) is 21.7. The number of nitrogens with zero attached hydrogens (tertiary/aromatic N) is 1. The summed E-state index contributed by atoms with van der Waals surface area (Å²) in [4.78, 5) is 4.75. The Morgan fingerprint density at radius 2 is 1.89 bits per heavy atom. The van der Waals surface area contributed by atoms with E-state index in [0.717, 1.165) is 45.1 Å². The normalized spacial score (nSPS) is 15.9. The van der Waals surface area contributed by atoms with Crippen LogP contribution in [-0.4, -0.2) is 38.4 Å². The minimum absolute atomic E-state index is 0.329. The summed E-state index contributed by atoms with van der Waals surface area (Å²) >= 11 is 0. The predicted octanol–water partition coefficient (Wildman–Crippen LogP) is 3.87. The fourth-order valence-electron chi connectivity index (χ4n) is 3.20. The fourth-order valence-corrected chi connectivity index (χ4v) is 3.20. The Hall–Kier alpha value is -1.59. The fraction of sp³-hybridized carbons (Fsp3) is 0.682. The van der Waals surface area contributed by atoms with Crippen molar-refractivity contribution < 1.29 is 9.47 Å². The number of aliphatic imine (C=N–C) groups is 1. The molecule has 0 bridgehead atoms. The van der Waals surface area contributed by atoms with Crippen LogP contribution in [0.25, 0.3) is 0 Å². The number of guanidine groups is 1. The Labute approximate surface area is 164 Å². The SMILES string of the molecule is CCNC(=NCc1cccc(COC2CCOCC2)c1)NCC(CC)CC. The van der Waals surface area contributed by atoms with Gasteiger partial charge in [-0.2, -0.15) is 0 Å². The van der Waals surface area contributed by atoms with Crippen LogP contribution in [0.5, 0.6) is 0 Å². The summed E-state index contributed by atoms with van der Waals surface area (Å²) in [6, 6.07) is 8.56. The first-order chi connectivity index (χ1) is 13.2. The zero-order valence-corrected chi connectivity index (χ0v) is 17.3. The van der Waals surface area contributed by atoms with Gasteiger partial charge in [0, 0.05) is 26.3 Å². The summed E-state index contributed by atoms with van der Waals surface area (Å²) < 4.78 is 11.4. The van der Waals surface area contributed by atoms with Gasteiger partial charge >= 0.3 is 0 Å². The van der Waals surface area contributed by atoms with Crippen molar-refractivity contribution in [3.05, 3.63) is 35.4 Å². The number of rotatable bonds is 10. The summed E-state index contributed by atoms with van der Waals surface area (Å²) in [6.45, 7) is 11.4. The Bertz CT molecular complexity index is 552. The van der Waals surface area contributed by atoms with Crippen LogP contribution in [0.4, 0.5) is 0 Å². The van der Waals surface area contributed by atoms with E-state index >= 15 is 0 Å². The standard InChI is InChI=1S/C22H37N3O2/c1-4-18(5-2)15-24-22(23-6-3)25-16-19-8-7-9-20(14-19)17-27-21-10-12-26-13-11-21/h7-9,14,18,21H,4-6,10-13,15-17H2,1-3H3,(H2,23,24,25). The third-order valence-electron chi connectivity index (χ3n) is 5.12. The van der Waals surface area contributed by atoms with Gasteiger partial charge in [0.15, 0.2) is 5.96 Å². The maximum Gasteiger partial charge on any atom is 0.191 e. The van der Waals surface area contributed by atoms with E-state index in [1.165, 1.54) is 24.0 Å². The Morgan fingerprint density at radius 1 is 1.15 bits per heavy atom. The monoisotopic (exact) mass is 375 g/mol. The van der Waals surface area contributed by atoms with Crippen LogP contribution in [0.2, 0.25) is 0 Å². The smallest absolute Gasteiger partial charge is 0.191 e. The summed E-state index contributed by atoms with van der Waals surface area (Å²) in [7, 11) is 0. The molecule has 0 amide bonds. The third kappa shape index (κ3) is 8.31. The van der Waals surface area contributed by atoms with Gasteiger partial charge in [0.05, 0.1) is 19.3 Å². The van der Waals surface area contributed by atoms with Gasteiger partial charge in [0.1, 0.15) is 0 Å². The van der Waals surface area contributed by atoms with Gasteiger partial charge in [0.25, 0.3) is 0 Å². The number of hydrogen-bond donors (Lipinski definition) is 2. The quantitative estimate of drug-likeness (QED) is 0.481. The zero-order valence-electron chi connectivity index (χ0n) is 17.3. The number of ether oxygens (including phenoxy) is 2. The maximum absolute atomic E-state index is 6.04. The third-order valence-corrected chi connectivity index (χ3v) is 5.12. The van der Waals surface area contributed by atoms with Gasteiger partial charge in [-0.1, -0.05) is 51.0 Å². The summed E-state index contributed by atoms with van der Waals surface area (Å²) in [5.74, 6) is 1.59. The Balaban J connectivity index is 1.86. The van der Waals surface area contributed by atoms with E-state index < -0.39 is 0 Å². The van der Waals surface area contributed by atoms with E-state index in [0.29, 0.717) is 25.2 Å². The molecule has 5 heteroatoms. The summed E-state index contributed by atoms with van der Waals surface area (Å²) in [6.07, 6.45) is 4.71. The minimum atomic E-state index is 0.329. The van der Waals surface area contributed by atoms with Gasteiger partial charge in [-0.05, 0) is 36.8 Å². The topological polar surface area (TPSA) is 54.9 Å². The average Bonchev–Trinajstić information content (AvgIpc) is 2.72. The second-order valence-corrected chi connectivity index (χ2v) is 7.20. The van der Waals surface area contributed by atoms with Crippen LogP contribution in [0, 0.1) is 5.92 Å². The maximum atomic E-state index is 6.04. The van der Waals surface area contributed by atoms with Crippen LogP contribution in [0.15, 0.2) is 29.3 Å². The molecular formula is C22H37N3O2. The van der Waals surface area contributed by atoms with E-state index in [9.17, 15) is 0 Å². The summed E-state index contributed by atoms with van der Waals surface area (Å²) in [5.41, 5.74) is 2.42. The molecular weight excluding hydrogens is 338 g/mol. The average molecular weight is 376 g/mol. The molecule has 0 spiro atoms. The molecule has 2 N–H and O–H groups in total. The lowest BCUT2D eigenvalue weighted by Crippen LogP contribution is -2.39. The largest absolute Gasteiger partial charge is 0.381 e. The Kier molecular flexibility index (Phi) is 10.2. The van der Waals surface area contributed by atoms with Gasteiger partial charge in [-0.15, -0.1) is 0 Å². The van der Waals surface area contributed by atoms with Crippen molar-refractivity contribution in [1.82, 2.24) is 10.6 Å². The molecule has 1 aliphatic rings. The molecule has 1 fully saturated rings. The van der Waals surface area contributed by atoms with Crippen molar-refractivity contribution in [3.63, 3.8) is 0 Å². The Morgan fingerprint density at radius 3 is 2.59 bits per heavy atom. The second-order valence-electron chi connectivity index (χ2n) is 7.20. The van der Waals surface area contributed by atoms with Crippen molar-refractivity contribution in [2.45, 2.75) is 65.7 Å². The summed E-state index contributed by atoms with van der Waals surface area (Å²) in [5, 5.41) is 6.82. The van der Waals surface area contributed by atoms with Crippen LogP contribution < -0.4 is 10.6 Å². The van der Waals surface area contributed by atoms with Crippen molar-refractivity contribution in [2.24, 2.45) is 10.9 Å². The van der Waals surface area contributed by atoms with Crippen molar-refractivity contribution in [2.75, 3.05) is 26.3 Å². The molecule has 1 heterocycles. The van der Waals surface area contributed by atoms with E-state index in [1.54, 1.807) is 0 Å². The lowest BCUT2D eigenvalue weighted by atomic mass is 10.0. The van der Waals surface area contributed by atoms with Crippen LogP contribution >= 0.6 is 0 Å². The molecule has 5 nitrogen and oxygen atoms in total. The lowest BCUT2D eigenvalue weighted by molar-refractivity contribution is -0.0390. The van der Waals surface area contributed by atoms with Crippen molar-refractivity contribution in [1.29, 1.82) is 0 Å². The first-order valence-corrected chi connectivity index (χ1v) is 10.5. The van der Waals surface area contributed by atoms with Gasteiger partial charge < -0.3 is 20.1 Å². The second kappa shape index (κ2) is 12.7. The zero-order chi connectivity index (χ0) is 19.3. The number of hydrogen-bond acceptors (Lipinski definition) is 3. The highest BCUT2D eigenvalue weighted by Crippen LogP contribution is 2.14. The van der Waals surface area contributed by atoms with Gasteiger partial charge in [0.2, 0.25) is 0 Å². The molecule has 0 aliphatic carbocycles. The van der Waals surface area contributed by atoms with E-state index in [4.69, 9.17) is 14.5 Å². The molecule has 1 aromatic rings. The minimum Gasteiger partial charge on any atom is -0.381 e. The van der Waals surface area contributed by atoms with Crippen LogP contribution in [0.3, 0.4) is 0 Å². The lowest BCUT2D eigenvalue weighted by Gasteiger charge is -2.22. The molecule has 0 aromatic heterocycles. The number of nitrogens with one attached hydrogen (secondary N) is 2. The van der Waals surface area contributed by atoms with E-state index in [-0.39, 0.29) is 0 Å². The van der Waals surface area contributed by atoms with Gasteiger partial charge in [-0.25, -0.2) is 4.99 Å². The number of benzene rings is 1. The van der Waals surface area contributed by atoms with Gasteiger partial charge in [-0.3, -0.25) is 0 Å². The van der Waals surface area contributed by atoms with E-state index in [1.807, 2.05) is 0 Å². The highest BCUT2D eigenvalue weighted by molar-refractivity contribution is 5.79. The molecule has 1 aromatic carbocycles. The molecule has 0 saturated carbocycles. The van der Waals surface area contributed by atoms with Crippen molar-refractivity contribution >= 4 is 5.96 Å². The molecule has 0 atom stereocenters. The highest BCUT2D eigenvalue weighted by atomic mass is 16.5. The highest BCUT2D eigenvalue weighted by Gasteiger charge is 2.14. The van der Waals surface area contributed by atoms with Crippen LogP contribution in [0.1, 0.15) is 57.6 Å². The molecule has 152 valence electrons. The van der Waals surface area contributed by atoms with E-state index in [2.05, 4.69) is 55.7 Å². The van der Waals surface area contributed by atoms with Crippen molar-refractivity contribution in [3.8, 4) is 0 Å². The molecule has 1 aliphatic heterocycles. The molecule has 27 heavy (non-hydrogen) atoms. The predicted molar refractivity (Wildman–Crippen MR) is 112 cm³/mol. The molecule has 1 saturated heterocycles. The van der Waals surface area contributed by atoms with Crippen LogP contribution in [-0.2, 0) is 22.6 Å². The molecule has 0 radical (unpaired) electrons. The molecule has 0 unspecified atom stereocenters. The first-order valence-electron chi connectivity index (χ1n) is 10.5. The molecule has 2 rings (SSSR count).